The monoisotopic (exact) mass is 273 g/mol. The van der Waals surface area contributed by atoms with Crippen molar-refractivity contribution in [1.29, 1.82) is 0 Å². The van der Waals surface area contributed by atoms with Crippen LogP contribution in [-0.2, 0) is 9.31 Å². The molecule has 2 N–H and O–H groups in total. The maximum atomic E-state index is 9.82. The van der Waals surface area contributed by atoms with E-state index in [4.69, 9.17) is 9.31 Å². The lowest BCUT2D eigenvalue weighted by atomic mass is 9.78. The van der Waals surface area contributed by atoms with Gasteiger partial charge in [0.2, 0.25) is 0 Å². The summed E-state index contributed by atoms with van der Waals surface area (Å²) < 4.78 is 12.2. The van der Waals surface area contributed by atoms with E-state index in [0.717, 1.165) is 22.8 Å². The molecule has 1 atom stereocenters. The van der Waals surface area contributed by atoms with Gasteiger partial charge in [0.25, 0.3) is 0 Å². The lowest BCUT2D eigenvalue weighted by Crippen LogP contribution is -2.44. The molecule has 2 aromatic rings. The number of nitrogens with one attached hydrogen (secondary N) is 1. The van der Waals surface area contributed by atoms with Gasteiger partial charge in [0, 0.05) is 17.1 Å². The smallest absolute Gasteiger partial charge is 0.494 e. The van der Waals surface area contributed by atoms with Gasteiger partial charge >= 0.3 is 7.12 Å². The number of H-pyrrole nitrogens is 1. The second kappa shape index (κ2) is 4.27. The number of hydrogen-bond donors (Lipinski definition) is 2. The van der Waals surface area contributed by atoms with Gasteiger partial charge in [-0.1, -0.05) is 13.0 Å². The molecule has 0 spiro atoms. The van der Waals surface area contributed by atoms with E-state index in [-0.39, 0.29) is 17.0 Å². The van der Waals surface area contributed by atoms with Gasteiger partial charge in [-0.05, 0) is 44.8 Å². The van der Waals surface area contributed by atoms with Crippen molar-refractivity contribution in [1.82, 2.24) is 4.98 Å². The van der Waals surface area contributed by atoms with Crippen LogP contribution in [0, 0.1) is 0 Å². The third-order valence-electron chi connectivity index (χ3n) is 4.67. The van der Waals surface area contributed by atoms with Crippen molar-refractivity contribution in [2.24, 2.45) is 0 Å². The number of aromatic nitrogens is 1. The zero-order valence-electron chi connectivity index (χ0n) is 12.4. The van der Waals surface area contributed by atoms with Gasteiger partial charge in [-0.25, -0.2) is 0 Å². The highest BCUT2D eigenvalue weighted by molar-refractivity contribution is 6.62. The van der Waals surface area contributed by atoms with Crippen LogP contribution in [0.15, 0.2) is 24.4 Å². The average Bonchev–Trinajstić information content (AvgIpc) is 2.89. The Morgan fingerprint density at radius 2 is 2.00 bits per heavy atom. The van der Waals surface area contributed by atoms with Crippen LogP contribution in [0.1, 0.15) is 34.1 Å². The van der Waals surface area contributed by atoms with Crippen molar-refractivity contribution in [2.75, 3.05) is 0 Å². The molecule has 0 amide bonds. The van der Waals surface area contributed by atoms with Crippen LogP contribution >= 0.6 is 0 Å². The van der Waals surface area contributed by atoms with Gasteiger partial charge in [-0.2, -0.15) is 0 Å². The van der Waals surface area contributed by atoms with Crippen LogP contribution in [-0.4, -0.2) is 28.4 Å². The highest BCUT2D eigenvalue weighted by Crippen LogP contribution is 2.39. The van der Waals surface area contributed by atoms with Gasteiger partial charge in [-0.3, -0.25) is 0 Å². The van der Waals surface area contributed by atoms with Gasteiger partial charge in [0.1, 0.15) is 5.75 Å². The molecule has 0 saturated carbocycles. The summed E-state index contributed by atoms with van der Waals surface area (Å²) in [4.78, 5) is 3.02. The minimum absolute atomic E-state index is 0.248. The number of rotatable bonds is 2. The molecule has 4 nitrogen and oxygen atoms in total. The molecule has 1 fully saturated rings. The Bertz CT molecular complexity index is 652. The molecule has 1 unspecified atom stereocenters. The van der Waals surface area contributed by atoms with Crippen molar-refractivity contribution >= 4 is 23.5 Å². The molecule has 0 radical (unpaired) electrons. The lowest BCUT2D eigenvalue weighted by Gasteiger charge is -2.35. The third kappa shape index (κ3) is 1.85. The summed E-state index contributed by atoms with van der Waals surface area (Å²) in [6.45, 7) is 8.31. The molecule has 1 aromatic heterocycles. The topological polar surface area (TPSA) is 54.5 Å². The average molecular weight is 273 g/mol. The summed E-state index contributed by atoms with van der Waals surface area (Å²) in [5.74, 6) is 0.248. The first-order valence-electron chi connectivity index (χ1n) is 7.02. The second-order valence-corrected chi connectivity index (χ2v) is 6.14. The van der Waals surface area contributed by atoms with E-state index in [1.54, 1.807) is 6.20 Å². The first-order chi connectivity index (χ1) is 9.36. The van der Waals surface area contributed by atoms with Crippen LogP contribution in [0.5, 0.6) is 5.75 Å². The van der Waals surface area contributed by atoms with Crippen LogP contribution in [0.25, 0.3) is 10.9 Å². The molecule has 1 aliphatic rings. The molecule has 3 rings (SSSR count). The van der Waals surface area contributed by atoms with E-state index in [9.17, 15) is 5.11 Å². The van der Waals surface area contributed by atoms with Crippen molar-refractivity contribution < 1.29 is 14.4 Å². The van der Waals surface area contributed by atoms with Crippen LogP contribution in [0.3, 0.4) is 0 Å². The van der Waals surface area contributed by atoms with Gasteiger partial charge < -0.3 is 19.4 Å². The zero-order valence-corrected chi connectivity index (χ0v) is 12.4. The number of aromatic hydroxyl groups is 1. The molecule has 2 heterocycles. The molecule has 20 heavy (non-hydrogen) atoms. The third-order valence-corrected chi connectivity index (χ3v) is 4.67. The van der Waals surface area contributed by atoms with E-state index >= 15 is 0 Å². The van der Waals surface area contributed by atoms with E-state index < -0.39 is 7.12 Å². The highest BCUT2D eigenvalue weighted by atomic mass is 16.7. The van der Waals surface area contributed by atoms with E-state index in [2.05, 4.69) is 32.7 Å². The van der Waals surface area contributed by atoms with E-state index in [1.165, 1.54) is 0 Å². The number of benzene rings is 1. The molecule has 1 aliphatic heterocycles. The first kappa shape index (κ1) is 13.5. The Kier molecular flexibility index (Phi) is 2.89. The fourth-order valence-corrected chi connectivity index (χ4v) is 2.71. The summed E-state index contributed by atoms with van der Waals surface area (Å²) in [6, 6.07) is 5.83. The molecule has 0 aliphatic carbocycles. The largest absolute Gasteiger partial charge is 0.506 e. The summed E-state index contributed by atoms with van der Waals surface area (Å²) >= 11 is 0. The fraction of sp³-hybridized carbons (Fsp3) is 0.467. The molecule has 1 aromatic carbocycles. The molecular weight excluding hydrogens is 253 g/mol. The van der Waals surface area contributed by atoms with Crippen molar-refractivity contribution in [3.63, 3.8) is 0 Å². The quantitative estimate of drug-likeness (QED) is 0.827. The predicted molar refractivity (Wildman–Crippen MR) is 80.3 cm³/mol. The first-order valence-corrected chi connectivity index (χ1v) is 7.02. The maximum absolute atomic E-state index is 9.82. The SMILES string of the molecule is CCC1(C)OB(c2ccc3[nH]cc(O)c3c2)OC1(C)C. The summed E-state index contributed by atoms with van der Waals surface area (Å²) in [7, 11) is -0.395. The maximum Gasteiger partial charge on any atom is 0.494 e. The van der Waals surface area contributed by atoms with Crippen LogP contribution in [0.2, 0.25) is 0 Å². The number of fused-ring (bicyclic) bond motifs is 1. The number of hydrogen-bond acceptors (Lipinski definition) is 3. The Hall–Kier alpha value is -1.46. The van der Waals surface area contributed by atoms with Crippen molar-refractivity contribution in [3.8, 4) is 5.75 Å². The predicted octanol–water partition coefficient (Wildman–Crippen LogP) is 2.56. The van der Waals surface area contributed by atoms with Gasteiger partial charge in [-0.15, -0.1) is 0 Å². The standard InChI is InChI=1S/C15H20BNO3/c1-5-15(4)14(2,3)19-16(20-15)10-6-7-12-11(8-10)13(18)9-17-12/h6-9,17-18H,5H2,1-4H3. The van der Waals surface area contributed by atoms with Crippen molar-refractivity contribution in [2.45, 2.75) is 45.3 Å². The zero-order chi connectivity index (χ0) is 14.5. The van der Waals surface area contributed by atoms with E-state index in [1.807, 2.05) is 18.2 Å². The second-order valence-electron chi connectivity index (χ2n) is 6.14. The van der Waals surface area contributed by atoms with Crippen LogP contribution in [0.4, 0.5) is 0 Å². The van der Waals surface area contributed by atoms with Crippen LogP contribution < -0.4 is 5.46 Å². The number of aromatic amines is 1. The fourth-order valence-electron chi connectivity index (χ4n) is 2.71. The van der Waals surface area contributed by atoms with E-state index in [0.29, 0.717) is 0 Å². The minimum atomic E-state index is -0.395. The van der Waals surface area contributed by atoms with Crippen molar-refractivity contribution in [3.05, 3.63) is 24.4 Å². The Morgan fingerprint density at radius 3 is 2.65 bits per heavy atom. The molecule has 5 heteroatoms. The molecule has 0 bridgehead atoms. The Balaban J connectivity index is 1.98. The normalized spacial score (nSPS) is 25.5. The molecule has 1 saturated heterocycles. The molecular formula is C15H20BNO3. The molecule has 106 valence electrons. The minimum Gasteiger partial charge on any atom is -0.506 e. The summed E-state index contributed by atoms with van der Waals surface area (Å²) in [5.41, 5.74) is 1.17. The Morgan fingerprint density at radius 1 is 1.25 bits per heavy atom. The highest BCUT2D eigenvalue weighted by Gasteiger charge is 2.53. The lowest BCUT2D eigenvalue weighted by molar-refractivity contribution is -0.0118. The van der Waals surface area contributed by atoms with Gasteiger partial charge in [0.15, 0.2) is 0 Å². The Labute approximate surface area is 119 Å². The summed E-state index contributed by atoms with van der Waals surface area (Å²) in [5, 5.41) is 10.6. The van der Waals surface area contributed by atoms with Gasteiger partial charge in [0.05, 0.1) is 11.2 Å². The summed E-state index contributed by atoms with van der Waals surface area (Å²) in [6.07, 6.45) is 2.47.